The summed E-state index contributed by atoms with van der Waals surface area (Å²) < 4.78 is 170. The van der Waals surface area contributed by atoms with Crippen LogP contribution in [0.1, 0.15) is 6.42 Å². The topological polar surface area (TPSA) is 46.5 Å². The van der Waals surface area contributed by atoms with Gasteiger partial charge in [-0.05, 0) is 6.08 Å². The van der Waals surface area contributed by atoms with Crippen LogP contribution in [0.15, 0.2) is 12.2 Å². The molecule has 0 aliphatic heterocycles. The molecule has 0 aliphatic rings. The third-order valence-electron chi connectivity index (χ3n) is 2.93. The molecule has 0 amide bonds. The molecule has 3 nitrogen and oxygen atoms in total. The molecule has 0 aromatic heterocycles. The molecule has 28 heavy (non-hydrogen) atoms. The molecule has 0 radical (unpaired) electrons. The van der Waals surface area contributed by atoms with Gasteiger partial charge in [0.1, 0.15) is 0 Å². The lowest BCUT2D eigenvalue weighted by Gasteiger charge is -2.39. The van der Waals surface area contributed by atoms with Crippen molar-refractivity contribution in [2.45, 2.75) is 42.2 Å². The summed E-state index contributed by atoms with van der Waals surface area (Å²) in [5.74, 6) is -39.6. The molecule has 166 valence electrons. The van der Waals surface area contributed by atoms with Gasteiger partial charge in [-0.1, -0.05) is 0 Å². The summed E-state index contributed by atoms with van der Waals surface area (Å²) in [4.78, 5) is 10.9. The third kappa shape index (κ3) is 4.46. The van der Waals surface area contributed by atoms with E-state index in [4.69, 9.17) is 5.11 Å². The predicted octanol–water partition coefficient (Wildman–Crippen LogP) is 4.21. The van der Waals surface area contributed by atoms with Crippen molar-refractivity contribution in [2.75, 3.05) is 13.2 Å². The second-order valence-corrected chi connectivity index (χ2v) is 5.00. The Balaban J connectivity index is 5.89. The zero-order valence-electron chi connectivity index (χ0n) is 13.0. The highest BCUT2D eigenvalue weighted by Gasteiger charge is 2.90. The van der Waals surface area contributed by atoms with Crippen molar-refractivity contribution >= 4 is 5.97 Å². The number of alkyl halides is 13. The largest absolute Gasteiger partial charge is 0.462 e. The van der Waals surface area contributed by atoms with E-state index in [9.17, 15) is 61.9 Å². The number of hydrogen-bond donors (Lipinski definition) is 1. The van der Waals surface area contributed by atoms with Gasteiger partial charge in [0, 0.05) is 19.1 Å². The summed E-state index contributed by atoms with van der Waals surface area (Å²) in [6.45, 7) is -1.26. The van der Waals surface area contributed by atoms with Crippen LogP contribution in [0.5, 0.6) is 0 Å². The van der Waals surface area contributed by atoms with Gasteiger partial charge in [-0.3, -0.25) is 0 Å². The highest BCUT2D eigenvalue weighted by Crippen LogP contribution is 2.60. The highest BCUT2D eigenvalue weighted by molar-refractivity contribution is 5.82. The zero-order valence-corrected chi connectivity index (χ0v) is 13.0. The minimum Gasteiger partial charge on any atom is -0.462 e. The first-order valence-corrected chi connectivity index (χ1v) is 6.63. The number of allylic oxidation sites excluding steroid dienone is 1. The molecule has 0 atom stereocenters. The van der Waals surface area contributed by atoms with Crippen LogP contribution in [0, 0.1) is 0 Å². The SMILES string of the molecule is O=C(C=CC(F)(F)C(F)(F)C(F)(F)C(F)(F)C(F)(F)C(F)(F)F)OCCCO. The van der Waals surface area contributed by atoms with Gasteiger partial charge in [-0.25, -0.2) is 4.79 Å². The maximum atomic E-state index is 13.2. The first-order valence-electron chi connectivity index (χ1n) is 6.63. The number of rotatable bonds is 9. The van der Waals surface area contributed by atoms with Crippen LogP contribution < -0.4 is 0 Å². The summed E-state index contributed by atoms with van der Waals surface area (Å²) in [6.07, 6.45) is -9.86. The monoisotopic (exact) mass is 448 g/mol. The fourth-order valence-corrected chi connectivity index (χ4v) is 1.34. The van der Waals surface area contributed by atoms with Crippen LogP contribution in [-0.2, 0) is 9.53 Å². The normalized spacial score (nSPS) is 15.2. The van der Waals surface area contributed by atoms with Crippen LogP contribution >= 0.6 is 0 Å². The molecular weight excluding hydrogens is 439 g/mol. The number of carbonyl (C=O) groups excluding carboxylic acids is 1. The summed E-state index contributed by atoms with van der Waals surface area (Å²) >= 11 is 0. The van der Waals surface area contributed by atoms with Crippen LogP contribution in [0.4, 0.5) is 57.1 Å². The van der Waals surface area contributed by atoms with Crippen molar-refractivity contribution in [2.24, 2.45) is 0 Å². The molecule has 0 rings (SSSR count). The molecule has 0 bridgehead atoms. The van der Waals surface area contributed by atoms with E-state index in [0.29, 0.717) is 0 Å². The van der Waals surface area contributed by atoms with Crippen molar-refractivity contribution in [3.8, 4) is 0 Å². The Hall–Kier alpha value is -1.74. The van der Waals surface area contributed by atoms with Crippen molar-refractivity contribution in [3.63, 3.8) is 0 Å². The number of ether oxygens (including phenoxy) is 1. The standard InChI is InChI=1S/C12H9F13O3/c13-7(14,3-2-6(27)28-5-1-4-26)8(15,16)9(17,18)10(19,20)11(21,22)12(23,24)25/h2-3,26H,1,4-5H2. The predicted molar refractivity (Wildman–Crippen MR) is 62.6 cm³/mol. The lowest BCUT2D eigenvalue weighted by molar-refractivity contribution is -0.436. The van der Waals surface area contributed by atoms with Gasteiger partial charge in [0.25, 0.3) is 0 Å². The van der Waals surface area contributed by atoms with Gasteiger partial charge in [-0.15, -0.1) is 0 Å². The number of aliphatic hydroxyl groups is 1. The smallest absolute Gasteiger partial charge is 0.460 e. The van der Waals surface area contributed by atoms with E-state index in [1.165, 1.54) is 0 Å². The second-order valence-electron chi connectivity index (χ2n) is 5.00. The highest BCUT2D eigenvalue weighted by atomic mass is 19.4. The van der Waals surface area contributed by atoms with Gasteiger partial charge in [0.2, 0.25) is 0 Å². The molecule has 1 N–H and O–H groups in total. The average molecular weight is 448 g/mol. The first kappa shape index (κ1) is 26.3. The van der Waals surface area contributed by atoms with E-state index in [2.05, 4.69) is 4.74 Å². The van der Waals surface area contributed by atoms with Gasteiger partial charge in [-0.2, -0.15) is 57.1 Å². The number of aliphatic hydroxyl groups excluding tert-OH is 1. The Morgan fingerprint density at radius 1 is 0.750 bits per heavy atom. The quantitative estimate of drug-likeness (QED) is 0.249. The molecular formula is C12H9F13O3. The molecule has 0 unspecified atom stereocenters. The fourth-order valence-electron chi connectivity index (χ4n) is 1.34. The number of halogens is 13. The minimum atomic E-state index is -8.00. The second kappa shape index (κ2) is 7.94. The Morgan fingerprint density at radius 2 is 1.18 bits per heavy atom. The maximum Gasteiger partial charge on any atom is 0.460 e. The van der Waals surface area contributed by atoms with Crippen LogP contribution in [-0.4, -0.2) is 60.1 Å². The Morgan fingerprint density at radius 3 is 1.57 bits per heavy atom. The number of esters is 1. The van der Waals surface area contributed by atoms with Gasteiger partial charge in [0.05, 0.1) is 6.61 Å². The maximum absolute atomic E-state index is 13.2. The Kier molecular flexibility index (Phi) is 7.45. The van der Waals surface area contributed by atoms with Gasteiger partial charge < -0.3 is 9.84 Å². The number of hydrogen-bond acceptors (Lipinski definition) is 3. The summed E-state index contributed by atoms with van der Waals surface area (Å²) in [5.41, 5.74) is 0. The Bertz CT molecular complexity index is 580. The molecule has 0 aromatic carbocycles. The van der Waals surface area contributed by atoms with Gasteiger partial charge >= 0.3 is 41.8 Å². The van der Waals surface area contributed by atoms with Crippen LogP contribution in [0.2, 0.25) is 0 Å². The van der Waals surface area contributed by atoms with Crippen molar-refractivity contribution in [3.05, 3.63) is 12.2 Å². The minimum absolute atomic E-state index is 0.275. The Labute approximate surface area is 146 Å². The summed E-state index contributed by atoms with van der Waals surface area (Å²) in [5, 5.41) is 8.31. The molecule has 16 heteroatoms. The molecule has 0 saturated heterocycles. The summed E-state index contributed by atoms with van der Waals surface area (Å²) in [6, 6.07) is 0. The van der Waals surface area contributed by atoms with Gasteiger partial charge in [0.15, 0.2) is 0 Å². The molecule has 0 heterocycles. The number of carbonyl (C=O) groups is 1. The van der Waals surface area contributed by atoms with Crippen LogP contribution in [0.3, 0.4) is 0 Å². The van der Waals surface area contributed by atoms with Crippen LogP contribution in [0.25, 0.3) is 0 Å². The summed E-state index contributed by atoms with van der Waals surface area (Å²) in [7, 11) is 0. The molecule has 0 aliphatic carbocycles. The molecule has 0 saturated carbocycles. The molecule has 0 spiro atoms. The molecule has 0 aromatic rings. The van der Waals surface area contributed by atoms with Crippen molar-refractivity contribution in [1.29, 1.82) is 0 Å². The average Bonchev–Trinajstić information content (AvgIpc) is 2.51. The van der Waals surface area contributed by atoms with E-state index in [1.54, 1.807) is 0 Å². The lowest BCUT2D eigenvalue weighted by atomic mass is 9.94. The van der Waals surface area contributed by atoms with E-state index < -0.39 is 67.1 Å². The van der Waals surface area contributed by atoms with E-state index >= 15 is 0 Å². The first-order chi connectivity index (χ1) is 12.2. The van der Waals surface area contributed by atoms with Crippen molar-refractivity contribution < 1.29 is 71.7 Å². The van der Waals surface area contributed by atoms with E-state index in [1.807, 2.05) is 0 Å². The molecule has 0 fully saturated rings. The zero-order chi connectivity index (χ0) is 22.8. The lowest BCUT2D eigenvalue weighted by Crippen LogP contribution is -2.69. The fraction of sp³-hybridized carbons (Fsp3) is 0.750. The van der Waals surface area contributed by atoms with E-state index in [0.717, 1.165) is 0 Å². The van der Waals surface area contributed by atoms with E-state index in [-0.39, 0.29) is 6.42 Å². The third-order valence-corrected chi connectivity index (χ3v) is 2.93. The van der Waals surface area contributed by atoms with Crippen molar-refractivity contribution in [1.82, 2.24) is 0 Å².